The molecule has 4 nitrogen and oxygen atoms in total. The molecule has 1 amide bonds. The summed E-state index contributed by atoms with van der Waals surface area (Å²) in [5.74, 6) is 0.358. The molecule has 0 radical (unpaired) electrons. The highest BCUT2D eigenvalue weighted by Crippen LogP contribution is 2.23. The van der Waals surface area contributed by atoms with Gasteiger partial charge in [-0.25, -0.2) is 9.37 Å². The molecule has 7 heteroatoms. The van der Waals surface area contributed by atoms with E-state index in [0.29, 0.717) is 28.5 Å². The fourth-order valence-corrected chi connectivity index (χ4v) is 3.64. The third kappa shape index (κ3) is 5.44. The molecule has 0 unspecified atom stereocenters. The second-order valence-electron chi connectivity index (χ2n) is 4.94. The van der Waals surface area contributed by atoms with Crippen LogP contribution >= 0.6 is 23.1 Å². The quantitative estimate of drug-likeness (QED) is 0.458. The van der Waals surface area contributed by atoms with Crippen LogP contribution in [0.1, 0.15) is 35.1 Å². The van der Waals surface area contributed by atoms with Crippen LogP contribution in [-0.4, -0.2) is 22.4 Å². The number of nitrogens with zero attached hydrogens (tertiary/aromatic N) is 1. The van der Waals surface area contributed by atoms with Crippen molar-refractivity contribution in [2.75, 3.05) is 11.1 Å². The number of thiazole rings is 1. The van der Waals surface area contributed by atoms with Crippen LogP contribution in [0.25, 0.3) is 0 Å². The summed E-state index contributed by atoms with van der Waals surface area (Å²) in [6.07, 6.45) is 1.08. The lowest BCUT2D eigenvalue weighted by Gasteiger charge is -2.02. The van der Waals surface area contributed by atoms with Crippen molar-refractivity contribution in [3.63, 3.8) is 0 Å². The maximum Gasteiger partial charge on any atom is 0.226 e. The van der Waals surface area contributed by atoms with E-state index in [1.54, 1.807) is 30.8 Å². The number of aryl methyl sites for hydroxylation is 1. The fraction of sp³-hybridized carbons (Fsp3) is 0.312. The molecule has 1 aromatic carbocycles. The van der Waals surface area contributed by atoms with Crippen LogP contribution in [-0.2, 0) is 4.79 Å². The third-order valence-corrected chi connectivity index (χ3v) is 5.27. The number of amides is 1. The largest absolute Gasteiger partial charge is 0.302 e. The number of Topliss-reactive ketones (excluding diaryl/α,β-unsaturated/α-hetero) is 1. The van der Waals surface area contributed by atoms with Gasteiger partial charge in [-0.15, -0.1) is 11.8 Å². The van der Waals surface area contributed by atoms with Gasteiger partial charge in [0, 0.05) is 18.2 Å². The van der Waals surface area contributed by atoms with Crippen molar-refractivity contribution >= 4 is 39.9 Å². The number of carbonyl (C=O) groups is 2. The van der Waals surface area contributed by atoms with Gasteiger partial charge >= 0.3 is 0 Å². The van der Waals surface area contributed by atoms with Gasteiger partial charge in [-0.2, -0.15) is 0 Å². The van der Waals surface area contributed by atoms with Crippen molar-refractivity contribution in [2.45, 2.75) is 31.6 Å². The van der Waals surface area contributed by atoms with Gasteiger partial charge in [-0.1, -0.05) is 11.3 Å². The van der Waals surface area contributed by atoms with E-state index < -0.39 is 0 Å². The number of nitrogens with one attached hydrogen (secondary N) is 1. The first-order valence-corrected chi connectivity index (χ1v) is 8.92. The Labute approximate surface area is 142 Å². The average Bonchev–Trinajstić information content (AvgIpc) is 2.86. The van der Waals surface area contributed by atoms with Crippen LogP contribution < -0.4 is 5.32 Å². The lowest BCUT2D eigenvalue weighted by atomic mass is 10.3. The predicted octanol–water partition coefficient (Wildman–Crippen LogP) is 4.30. The molecule has 2 rings (SSSR count). The van der Waals surface area contributed by atoms with Crippen molar-refractivity contribution in [3.8, 4) is 0 Å². The number of ketones is 1. The third-order valence-electron chi connectivity index (χ3n) is 2.99. The number of anilines is 1. The molecule has 1 aromatic heterocycles. The summed E-state index contributed by atoms with van der Waals surface area (Å²) in [6.45, 7) is 3.24. The number of benzene rings is 1. The van der Waals surface area contributed by atoms with E-state index in [2.05, 4.69) is 10.3 Å². The van der Waals surface area contributed by atoms with Gasteiger partial charge in [-0.05, 0) is 43.4 Å². The molecule has 122 valence electrons. The molecule has 23 heavy (non-hydrogen) atoms. The van der Waals surface area contributed by atoms with E-state index in [-0.39, 0.29) is 17.5 Å². The maximum absolute atomic E-state index is 12.8. The number of thioether (sulfide) groups is 1. The average molecular weight is 352 g/mol. The summed E-state index contributed by atoms with van der Waals surface area (Å²) in [7, 11) is 0. The SMILES string of the molecule is CC(=O)c1sc(NC(=O)CCCSc2ccc(F)cc2)nc1C. The Bertz CT molecular complexity index is 699. The van der Waals surface area contributed by atoms with E-state index in [0.717, 1.165) is 10.6 Å². The number of rotatable bonds is 7. The molecule has 0 aliphatic heterocycles. The Balaban J connectivity index is 1.74. The van der Waals surface area contributed by atoms with Gasteiger partial charge in [0.25, 0.3) is 0 Å². The number of hydrogen-bond acceptors (Lipinski definition) is 5. The molecule has 0 spiro atoms. The Kier molecular flexibility index (Phi) is 6.29. The molecule has 0 aliphatic rings. The van der Waals surface area contributed by atoms with E-state index in [1.807, 2.05) is 0 Å². The van der Waals surface area contributed by atoms with Crippen molar-refractivity contribution < 1.29 is 14.0 Å². The van der Waals surface area contributed by atoms with Crippen LogP contribution in [0.15, 0.2) is 29.2 Å². The van der Waals surface area contributed by atoms with Crippen molar-refractivity contribution in [1.29, 1.82) is 0 Å². The number of carbonyl (C=O) groups excluding carboxylic acids is 2. The highest BCUT2D eigenvalue weighted by Gasteiger charge is 2.13. The maximum atomic E-state index is 12.8. The minimum atomic E-state index is -0.252. The summed E-state index contributed by atoms with van der Waals surface area (Å²) in [5.41, 5.74) is 0.643. The smallest absolute Gasteiger partial charge is 0.226 e. The zero-order valence-corrected chi connectivity index (χ0v) is 14.5. The molecule has 0 saturated carbocycles. The summed E-state index contributed by atoms with van der Waals surface area (Å²) in [4.78, 5) is 29.0. The number of hydrogen-bond donors (Lipinski definition) is 1. The van der Waals surface area contributed by atoms with Gasteiger partial charge in [-0.3, -0.25) is 9.59 Å². The van der Waals surface area contributed by atoms with Gasteiger partial charge in [0.1, 0.15) is 5.82 Å². The minimum absolute atomic E-state index is 0.0452. The number of halogens is 1. The summed E-state index contributed by atoms with van der Waals surface area (Å²) in [6, 6.07) is 6.29. The molecule has 2 aromatic rings. The molecule has 0 aliphatic carbocycles. The van der Waals surface area contributed by atoms with Gasteiger partial charge < -0.3 is 5.32 Å². The van der Waals surface area contributed by atoms with E-state index in [9.17, 15) is 14.0 Å². The summed E-state index contributed by atoms with van der Waals surface area (Å²) >= 11 is 2.78. The van der Waals surface area contributed by atoms with Crippen LogP contribution in [0.2, 0.25) is 0 Å². The Hall–Kier alpha value is -1.73. The standard InChI is InChI=1S/C16H17FN2O2S2/c1-10-15(11(2)20)23-16(18-10)19-14(21)4-3-9-22-13-7-5-12(17)6-8-13/h5-8H,3-4,9H2,1-2H3,(H,18,19,21). The molecule has 1 N–H and O–H groups in total. The second kappa shape index (κ2) is 8.21. The number of aromatic nitrogens is 1. The molecule has 0 atom stereocenters. The second-order valence-corrected chi connectivity index (χ2v) is 7.11. The molecular formula is C16H17FN2O2S2. The first kappa shape index (κ1) is 17.6. The fourth-order valence-electron chi connectivity index (χ4n) is 1.91. The molecule has 0 fully saturated rings. The van der Waals surface area contributed by atoms with Crippen molar-refractivity contribution in [2.24, 2.45) is 0 Å². The Morgan fingerprint density at radius 3 is 2.61 bits per heavy atom. The highest BCUT2D eigenvalue weighted by molar-refractivity contribution is 7.99. The van der Waals surface area contributed by atoms with E-state index in [1.165, 1.54) is 30.4 Å². The summed E-state index contributed by atoms with van der Waals surface area (Å²) in [5, 5.41) is 3.18. The summed E-state index contributed by atoms with van der Waals surface area (Å²) < 4.78 is 12.8. The first-order chi connectivity index (χ1) is 11.0. The van der Waals surface area contributed by atoms with Gasteiger partial charge in [0.05, 0.1) is 10.6 Å². The van der Waals surface area contributed by atoms with Crippen LogP contribution in [0.5, 0.6) is 0 Å². The van der Waals surface area contributed by atoms with E-state index in [4.69, 9.17) is 0 Å². The lowest BCUT2D eigenvalue weighted by molar-refractivity contribution is -0.116. The molecule has 1 heterocycles. The van der Waals surface area contributed by atoms with Crippen molar-refractivity contribution in [3.05, 3.63) is 40.7 Å². The van der Waals surface area contributed by atoms with E-state index >= 15 is 0 Å². The predicted molar refractivity (Wildman–Crippen MR) is 91.8 cm³/mol. The first-order valence-electron chi connectivity index (χ1n) is 7.12. The minimum Gasteiger partial charge on any atom is -0.302 e. The lowest BCUT2D eigenvalue weighted by Crippen LogP contribution is -2.11. The van der Waals surface area contributed by atoms with Crippen LogP contribution in [0, 0.1) is 12.7 Å². The molecular weight excluding hydrogens is 335 g/mol. The zero-order chi connectivity index (χ0) is 16.8. The Morgan fingerprint density at radius 1 is 1.30 bits per heavy atom. The van der Waals surface area contributed by atoms with Crippen LogP contribution in [0.4, 0.5) is 9.52 Å². The Morgan fingerprint density at radius 2 is 2.00 bits per heavy atom. The van der Waals surface area contributed by atoms with Crippen LogP contribution in [0.3, 0.4) is 0 Å². The van der Waals surface area contributed by atoms with Crippen molar-refractivity contribution in [1.82, 2.24) is 4.98 Å². The molecule has 0 saturated heterocycles. The highest BCUT2D eigenvalue weighted by atomic mass is 32.2. The topological polar surface area (TPSA) is 59.1 Å². The van der Waals surface area contributed by atoms with Gasteiger partial charge in [0.2, 0.25) is 5.91 Å². The monoisotopic (exact) mass is 352 g/mol. The normalized spacial score (nSPS) is 10.6. The zero-order valence-electron chi connectivity index (χ0n) is 12.9. The molecule has 0 bridgehead atoms. The van der Waals surface area contributed by atoms with Gasteiger partial charge in [0.15, 0.2) is 10.9 Å².